The van der Waals surface area contributed by atoms with Crippen molar-refractivity contribution in [1.82, 2.24) is 4.98 Å². The lowest BCUT2D eigenvalue weighted by Crippen LogP contribution is -2.13. The number of aromatic nitrogens is 1. The van der Waals surface area contributed by atoms with Crippen LogP contribution in [0, 0.1) is 6.92 Å². The van der Waals surface area contributed by atoms with Crippen LogP contribution in [0.4, 0.5) is 0 Å². The predicted molar refractivity (Wildman–Crippen MR) is 69.0 cm³/mol. The lowest BCUT2D eigenvalue weighted by Gasteiger charge is -1.81. The average Bonchev–Trinajstić information content (AvgIpc) is 2.95. The molecule has 5 heteroatoms. The minimum Gasteiger partial charge on any atom is -0.460 e. The van der Waals surface area contributed by atoms with Crippen molar-refractivity contribution in [2.45, 2.75) is 20.8 Å². The maximum Gasteiger partial charge on any atom is 0.262 e. The lowest BCUT2D eigenvalue weighted by molar-refractivity contribution is 0.561. The van der Waals surface area contributed by atoms with Crippen LogP contribution < -0.4 is 11.1 Å². The Morgan fingerprint density at radius 2 is 1.72 bits per heavy atom. The van der Waals surface area contributed by atoms with E-state index in [2.05, 4.69) is 4.98 Å². The molecule has 94 valence electrons. The SMILES string of the molecule is CC.Cc1cc2c(=O)[nH]c(=O)c3ccoc3c2o1. The molecule has 3 aromatic rings. The summed E-state index contributed by atoms with van der Waals surface area (Å²) in [4.78, 5) is 25.5. The van der Waals surface area contributed by atoms with Crippen molar-refractivity contribution >= 4 is 21.9 Å². The van der Waals surface area contributed by atoms with Gasteiger partial charge in [-0.05, 0) is 19.1 Å². The maximum atomic E-state index is 11.7. The third kappa shape index (κ3) is 1.73. The van der Waals surface area contributed by atoms with Crippen molar-refractivity contribution in [2.75, 3.05) is 0 Å². The molecule has 0 saturated heterocycles. The molecule has 0 bridgehead atoms. The fraction of sp³-hybridized carbons (Fsp3) is 0.231. The topological polar surface area (TPSA) is 76.2 Å². The highest BCUT2D eigenvalue weighted by Crippen LogP contribution is 2.22. The van der Waals surface area contributed by atoms with Crippen LogP contribution in [-0.2, 0) is 0 Å². The van der Waals surface area contributed by atoms with Crippen LogP contribution in [0.3, 0.4) is 0 Å². The second-order valence-corrected chi connectivity index (χ2v) is 3.55. The molecule has 0 spiro atoms. The van der Waals surface area contributed by atoms with E-state index in [1.54, 1.807) is 13.0 Å². The molecule has 1 N–H and O–H groups in total. The van der Waals surface area contributed by atoms with Gasteiger partial charge in [-0.2, -0.15) is 0 Å². The summed E-state index contributed by atoms with van der Waals surface area (Å²) < 4.78 is 10.6. The third-order valence-corrected chi connectivity index (χ3v) is 2.44. The van der Waals surface area contributed by atoms with Crippen LogP contribution in [0.25, 0.3) is 21.9 Å². The van der Waals surface area contributed by atoms with Gasteiger partial charge in [-0.1, -0.05) is 13.8 Å². The number of hydrogen-bond donors (Lipinski definition) is 1. The van der Waals surface area contributed by atoms with E-state index in [1.165, 1.54) is 12.3 Å². The summed E-state index contributed by atoms with van der Waals surface area (Å²) in [5.41, 5.74) is -0.339. The molecule has 0 aliphatic carbocycles. The molecular formula is C13H13NO4. The van der Waals surface area contributed by atoms with Gasteiger partial charge < -0.3 is 8.83 Å². The summed E-state index contributed by atoms with van der Waals surface area (Å²) in [6.07, 6.45) is 1.39. The van der Waals surface area contributed by atoms with Gasteiger partial charge in [0.05, 0.1) is 17.0 Å². The molecule has 3 rings (SSSR count). The monoisotopic (exact) mass is 247 g/mol. The molecular weight excluding hydrogens is 234 g/mol. The molecule has 3 heterocycles. The molecule has 0 amide bonds. The smallest absolute Gasteiger partial charge is 0.262 e. The molecule has 18 heavy (non-hydrogen) atoms. The number of H-pyrrole nitrogens is 1. The molecule has 0 fully saturated rings. The third-order valence-electron chi connectivity index (χ3n) is 2.44. The Morgan fingerprint density at radius 1 is 1.06 bits per heavy atom. The summed E-state index contributed by atoms with van der Waals surface area (Å²) in [6, 6.07) is 3.08. The van der Waals surface area contributed by atoms with Gasteiger partial charge in [-0.3, -0.25) is 14.6 Å². The fourth-order valence-corrected chi connectivity index (χ4v) is 1.75. The number of nitrogens with one attached hydrogen (secondary N) is 1. The lowest BCUT2D eigenvalue weighted by atomic mass is 10.3. The minimum atomic E-state index is -0.474. The van der Waals surface area contributed by atoms with Gasteiger partial charge in [0.1, 0.15) is 5.76 Å². The van der Waals surface area contributed by atoms with Crippen LogP contribution >= 0.6 is 0 Å². The number of aryl methyl sites for hydroxylation is 1. The number of hydrogen-bond acceptors (Lipinski definition) is 4. The summed E-state index contributed by atoms with van der Waals surface area (Å²) in [5.74, 6) is 0.594. The van der Waals surface area contributed by atoms with Gasteiger partial charge in [0.15, 0.2) is 11.2 Å². The van der Waals surface area contributed by atoms with Gasteiger partial charge in [0.2, 0.25) is 0 Å². The highest BCUT2D eigenvalue weighted by Gasteiger charge is 2.12. The Kier molecular flexibility index (Phi) is 3.06. The zero-order valence-electron chi connectivity index (χ0n) is 10.4. The molecule has 0 unspecified atom stereocenters. The van der Waals surface area contributed by atoms with Gasteiger partial charge in [0, 0.05) is 0 Å². The van der Waals surface area contributed by atoms with Gasteiger partial charge in [-0.25, -0.2) is 0 Å². The van der Waals surface area contributed by atoms with Crippen molar-refractivity contribution in [3.05, 3.63) is 44.9 Å². The summed E-state index contributed by atoms with van der Waals surface area (Å²) in [6.45, 7) is 5.73. The Bertz CT molecular complexity index is 807. The Labute approximate surface area is 102 Å². The minimum absolute atomic E-state index is 0.298. The molecule has 3 aromatic heterocycles. The molecule has 0 saturated carbocycles. The Morgan fingerprint density at radius 3 is 2.44 bits per heavy atom. The largest absolute Gasteiger partial charge is 0.460 e. The van der Waals surface area contributed by atoms with Gasteiger partial charge in [0.25, 0.3) is 11.1 Å². The predicted octanol–water partition coefficient (Wildman–Crippen LogP) is 2.56. The summed E-state index contributed by atoms with van der Waals surface area (Å²) in [7, 11) is 0. The first-order chi connectivity index (χ1) is 8.66. The Hall–Kier alpha value is -2.30. The number of rotatable bonds is 0. The van der Waals surface area contributed by atoms with Crippen molar-refractivity contribution in [2.24, 2.45) is 0 Å². The number of furan rings is 2. The number of aromatic amines is 1. The molecule has 5 nitrogen and oxygen atoms in total. The zero-order valence-corrected chi connectivity index (χ0v) is 10.4. The van der Waals surface area contributed by atoms with E-state index in [0.717, 1.165) is 0 Å². The van der Waals surface area contributed by atoms with Crippen molar-refractivity contribution in [1.29, 1.82) is 0 Å². The highest BCUT2D eigenvalue weighted by atomic mass is 16.4. The Balaban J connectivity index is 0.000000574. The highest BCUT2D eigenvalue weighted by molar-refractivity contribution is 5.98. The van der Waals surface area contributed by atoms with Gasteiger partial charge in [-0.15, -0.1) is 0 Å². The summed E-state index contributed by atoms with van der Waals surface area (Å²) >= 11 is 0. The van der Waals surface area contributed by atoms with E-state index in [0.29, 0.717) is 27.7 Å². The standard InChI is InChI=1S/C11H7NO4.C2H6/c1-5-4-7-9(16-5)8-6(2-3-15-8)10(13)12-11(7)14;1-2/h2-4H,1H3,(H,12,13,14);1-2H3. The number of fused-ring (bicyclic) bond motifs is 3. The van der Waals surface area contributed by atoms with Crippen LogP contribution in [-0.4, -0.2) is 4.98 Å². The molecule has 0 aromatic carbocycles. The van der Waals surface area contributed by atoms with Crippen LogP contribution in [0.15, 0.2) is 36.8 Å². The molecule has 0 aliphatic rings. The van der Waals surface area contributed by atoms with Crippen LogP contribution in [0.2, 0.25) is 0 Å². The van der Waals surface area contributed by atoms with E-state index in [1.807, 2.05) is 13.8 Å². The first kappa shape index (κ1) is 12.2. The van der Waals surface area contributed by atoms with Crippen molar-refractivity contribution in [3.8, 4) is 0 Å². The normalized spacial score (nSPS) is 10.4. The first-order valence-electron chi connectivity index (χ1n) is 5.71. The van der Waals surface area contributed by atoms with Crippen LogP contribution in [0.5, 0.6) is 0 Å². The van der Waals surface area contributed by atoms with Gasteiger partial charge >= 0.3 is 0 Å². The maximum absolute atomic E-state index is 11.7. The van der Waals surface area contributed by atoms with E-state index >= 15 is 0 Å². The second kappa shape index (κ2) is 4.52. The molecule has 0 radical (unpaired) electrons. The van der Waals surface area contributed by atoms with E-state index in [-0.39, 0.29) is 0 Å². The fourth-order valence-electron chi connectivity index (χ4n) is 1.75. The van der Waals surface area contributed by atoms with E-state index < -0.39 is 11.1 Å². The zero-order chi connectivity index (χ0) is 13.3. The average molecular weight is 247 g/mol. The second-order valence-electron chi connectivity index (χ2n) is 3.55. The van der Waals surface area contributed by atoms with Crippen molar-refractivity contribution in [3.63, 3.8) is 0 Å². The van der Waals surface area contributed by atoms with E-state index in [9.17, 15) is 9.59 Å². The quantitative estimate of drug-likeness (QED) is 0.662. The molecule has 0 aliphatic heterocycles. The van der Waals surface area contributed by atoms with Crippen LogP contribution in [0.1, 0.15) is 19.6 Å². The molecule has 0 atom stereocenters. The summed E-state index contributed by atoms with van der Waals surface area (Å²) in [5, 5.41) is 0.626. The first-order valence-corrected chi connectivity index (χ1v) is 5.71. The van der Waals surface area contributed by atoms with Crippen molar-refractivity contribution < 1.29 is 8.83 Å². The van der Waals surface area contributed by atoms with E-state index in [4.69, 9.17) is 8.83 Å².